The number of rotatable bonds is 3. The molecular weight excluding hydrogens is 392 g/mol. The Labute approximate surface area is 174 Å². The summed E-state index contributed by atoms with van der Waals surface area (Å²) in [6.07, 6.45) is 0.0595. The molecule has 0 radical (unpaired) electrons. The molecule has 3 aliphatic rings. The molecule has 0 N–H and O–H groups in total. The van der Waals surface area contributed by atoms with Crippen LogP contribution >= 0.6 is 0 Å². The van der Waals surface area contributed by atoms with Crippen LogP contribution in [0.3, 0.4) is 0 Å². The third-order valence-electron chi connectivity index (χ3n) is 5.97. The number of fused-ring (bicyclic) bond motifs is 3. The predicted molar refractivity (Wildman–Crippen MR) is 104 cm³/mol. The van der Waals surface area contributed by atoms with E-state index >= 15 is 0 Å². The summed E-state index contributed by atoms with van der Waals surface area (Å²) < 4.78 is 22.8. The summed E-state index contributed by atoms with van der Waals surface area (Å²) in [4.78, 5) is 49.9. The van der Waals surface area contributed by atoms with Crippen molar-refractivity contribution in [1.29, 1.82) is 0 Å². The fraction of sp³-hybridized carbons (Fsp3) is 0.545. The Morgan fingerprint density at radius 1 is 1.27 bits per heavy atom. The molecule has 3 aliphatic heterocycles. The average Bonchev–Trinajstić information content (AvgIpc) is 3.13. The molecule has 3 heterocycles. The van der Waals surface area contributed by atoms with Crippen LogP contribution < -0.4 is 0 Å². The predicted octanol–water partition coefficient (Wildman–Crippen LogP) is 2.18. The second kappa shape index (κ2) is 7.74. The molecule has 2 saturated heterocycles. The van der Waals surface area contributed by atoms with Gasteiger partial charge in [-0.2, -0.15) is 0 Å². The number of esters is 3. The Balaban J connectivity index is 2.17. The molecule has 2 fully saturated rings. The van der Waals surface area contributed by atoms with E-state index in [9.17, 15) is 19.2 Å². The van der Waals surface area contributed by atoms with Crippen LogP contribution in [0.5, 0.6) is 0 Å². The lowest BCUT2D eigenvalue weighted by atomic mass is 9.78. The average molecular weight is 418 g/mol. The Kier molecular flexibility index (Phi) is 5.62. The lowest BCUT2D eigenvalue weighted by molar-refractivity contribution is -0.193. The Bertz CT molecular complexity index is 882. The zero-order chi connectivity index (χ0) is 22.4. The van der Waals surface area contributed by atoms with Crippen LogP contribution in [0, 0.1) is 11.8 Å². The van der Waals surface area contributed by atoms with Gasteiger partial charge in [-0.3, -0.25) is 9.59 Å². The minimum Gasteiger partial charge on any atom is -0.479 e. The number of ketones is 1. The Morgan fingerprint density at radius 2 is 1.93 bits per heavy atom. The van der Waals surface area contributed by atoms with Crippen molar-refractivity contribution in [2.24, 2.45) is 11.8 Å². The van der Waals surface area contributed by atoms with Crippen molar-refractivity contribution in [3.8, 4) is 0 Å². The van der Waals surface area contributed by atoms with Crippen LogP contribution in [0.15, 0.2) is 35.6 Å². The third kappa shape index (κ3) is 3.55. The van der Waals surface area contributed by atoms with Gasteiger partial charge in [0.15, 0.2) is 12.2 Å². The molecule has 0 aromatic heterocycles. The van der Waals surface area contributed by atoms with E-state index in [1.807, 2.05) is 6.92 Å². The molecule has 30 heavy (non-hydrogen) atoms. The van der Waals surface area contributed by atoms with Gasteiger partial charge in [-0.05, 0) is 27.2 Å². The van der Waals surface area contributed by atoms with E-state index in [1.165, 1.54) is 19.9 Å². The van der Waals surface area contributed by atoms with E-state index in [1.54, 1.807) is 19.9 Å². The number of allylic oxidation sites excluding steroid dienone is 2. The fourth-order valence-corrected chi connectivity index (χ4v) is 4.08. The van der Waals surface area contributed by atoms with Crippen molar-refractivity contribution in [2.75, 3.05) is 0 Å². The summed E-state index contributed by atoms with van der Waals surface area (Å²) in [5, 5.41) is 0. The molecule has 0 amide bonds. The van der Waals surface area contributed by atoms with Crippen molar-refractivity contribution in [3.05, 3.63) is 35.6 Å². The zero-order valence-electron chi connectivity index (χ0n) is 17.7. The normalized spacial score (nSPS) is 35.9. The first kappa shape index (κ1) is 21.8. The highest BCUT2D eigenvalue weighted by Crippen LogP contribution is 2.45. The minimum absolute atomic E-state index is 0.100. The second-order valence-corrected chi connectivity index (χ2v) is 8.12. The maximum absolute atomic E-state index is 12.9. The summed E-state index contributed by atoms with van der Waals surface area (Å²) in [6, 6.07) is 0. The van der Waals surface area contributed by atoms with E-state index in [0.29, 0.717) is 17.8 Å². The number of ether oxygens (including phenoxy) is 4. The monoisotopic (exact) mass is 418 g/mol. The molecule has 0 aliphatic carbocycles. The minimum atomic E-state index is -1.62. The highest BCUT2D eigenvalue weighted by atomic mass is 16.6. The number of carbonyl (C=O) groups excluding carboxylic acids is 4. The van der Waals surface area contributed by atoms with Crippen LogP contribution in [0.2, 0.25) is 0 Å². The lowest BCUT2D eigenvalue weighted by Gasteiger charge is -2.38. The second-order valence-electron chi connectivity index (χ2n) is 8.12. The van der Waals surface area contributed by atoms with Crippen molar-refractivity contribution in [1.82, 2.24) is 0 Å². The molecule has 162 valence electrons. The van der Waals surface area contributed by atoms with Crippen LogP contribution in [-0.2, 0) is 38.1 Å². The number of hydrogen-bond donors (Lipinski definition) is 0. The molecule has 0 saturated carbocycles. The zero-order valence-corrected chi connectivity index (χ0v) is 17.7. The largest absolute Gasteiger partial charge is 0.479 e. The summed E-state index contributed by atoms with van der Waals surface area (Å²) in [5.41, 5.74) is -1.20. The van der Waals surface area contributed by atoms with Gasteiger partial charge in [-0.15, -0.1) is 0 Å². The maximum atomic E-state index is 12.9. The summed E-state index contributed by atoms with van der Waals surface area (Å²) in [7, 11) is 0. The third-order valence-corrected chi connectivity index (χ3v) is 5.97. The van der Waals surface area contributed by atoms with E-state index in [-0.39, 0.29) is 11.5 Å². The van der Waals surface area contributed by atoms with E-state index in [2.05, 4.69) is 6.58 Å². The van der Waals surface area contributed by atoms with Gasteiger partial charge in [0.2, 0.25) is 11.4 Å². The molecule has 6 atom stereocenters. The number of hydrogen-bond acceptors (Lipinski definition) is 8. The molecule has 0 unspecified atom stereocenters. The summed E-state index contributed by atoms with van der Waals surface area (Å²) >= 11 is 0. The van der Waals surface area contributed by atoms with E-state index in [4.69, 9.17) is 18.9 Å². The topological polar surface area (TPSA) is 105 Å². The Hall–Kier alpha value is -2.90. The van der Waals surface area contributed by atoms with Crippen LogP contribution in [0.1, 0.15) is 41.0 Å². The van der Waals surface area contributed by atoms with Gasteiger partial charge in [0.05, 0.1) is 5.92 Å². The van der Waals surface area contributed by atoms with Gasteiger partial charge in [0.25, 0.3) is 0 Å². The molecular formula is C22H26O8. The van der Waals surface area contributed by atoms with E-state index < -0.39 is 53.5 Å². The lowest BCUT2D eigenvalue weighted by Crippen LogP contribution is -2.57. The highest BCUT2D eigenvalue weighted by Gasteiger charge is 2.60. The molecule has 8 nitrogen and oxygen atoms in total. The quantitative estimate of drug-likeness (QED) is 0.390. The summed E-state index contributed by atoms with van der Waals surface area (Å²) in [5.74, 6) is -3.02. The smallest absolute Gasteiger partial charge is 0.334 e. The maximum Gasteiger partial charge on any atom is 0.334 e. The van der Waals surface area contributed by atoms with Gasteiger partial charge >= 0.3 is 17.9 Å². The van der Waals surface area contributed by atoms with Gasteiger partial charge in [-0.25, -0.2) is 9.59 Å². The SMILES string of the molecule is C=C1C(=O)O[C@H]2C[C@@H](C)C3=CC(=O)[C@](C)(O3)[C@H](OC(C)=O)[C@@H](OC(=O)/C(C)=C\C)[C@@H]12. The van der Waals surface area contributed by atoms with Crippen LogP contribution in [0.25, 0.3) is 0 Å². The van der Waals surface area contributed by atoms with Gasteiger partial charge < -0.3 is 18.9 Å². The van der Waals surface area contributed by atoms with Crippen LogP contribution in [-0.4, -0.2) is 47.6 Å². The first-order valence-electron chi connectivity index (χ1n) is 9.85. The molecule has 0 aromatic rings. The standard InChI is InChI=1S/C22H26O8/c1-7-10(2)20(25)29-18-17-12(4)21(26)28-15(17)8-11(3)14-9-16(24)22(6,30-14)19(18)27-13(5)23/h7,9,11,15,17-19H,4,8H2,1-3,5-6H3/b10-7-/t11-,15+,17+,18+,19-,22+/m1/s1. The number of carbonyl (C=O) groups is 4. The Morgan fingerprint density at radius 3 is 2.53 bits per heavy atom. The van der Waals surface area contributed by atoms with Gasteiger partial charge in [0, 0.05) is 30.1 Å². The molecule has 3 rings (SSSR count). The van der Waals surface area contributed by atoms with Crippen molar-refractivity contribution in [3.63, 3.8) is 0 Å². The van der Waals surface area contributed by atoms with Crippen molar-refractivity contribution in [2.45, 2.75) is 65.0 Å². The molecule has 0 aromatic carbocycles. The first-order chi connectivity index (χ1) is 14.0. The highest BCUT2D eigenvalue weighted by molar-refractivity contribution is 6.00. The first-order valence-corrected chi connectivity index (χ1v) is 9.85. The van der Waals surface area contributed by atoms with Crippen molar-refractivity contribution >= 4 is 23.7 Å². The van der Waals surface area contributed by atoms with Gasteiger partial charge in [0.1, 0.15) is 11.9 Å². The van der Waals surface area contributed by atoms with Crippen LogP contribution in [0.4, 0.5) is 0 Å². The van der Waals surface area contributed by atoms with E-state index in [0.717, 1.165) is 0 Å². The molecule has 0 spiro atoms. The fourth-order valence-electron chi connectivity index (χ4n) is 4.08. The molecule has 8 heteroatoms. The summed E-state index contributed by atoms with van der Waals surface area (Å²) in [6.45, 7) is 11.6. The van der Waals surface area contributed by atoms with Gasteiger partial charge in [-0.1, -0.05) is 19.6 Å². The van der Waals surface area contributed by atoms with Crippen molar-refractivity contribution < 1.29 is 38.1 Å². The molecule has 2 bridgehead atoms.